The van der Waals surface area contributed by atoms with Crippen molar-refractivity contribution in [3.8, 4) is 11.5 Å². The number of hydrogen-bond donors (Lipinski definition) is 1. The molecule has 0 atom stereocenters. The molecule has 0 heterocycles. The fourth-order valence-electron chi connectivity index (χ4n) is 3.27. The molecule has 0 spiro atoms. The molecule has 0 saturated heterocycles. The molecule has 3 rings (SSSR count). The second-order valence-corrected chi connectivity index (χ2v) is 9.33. The van der Waals surface area contributed by atoms with Gasteiger partial charge in [-0.25, -0.2) is 8.42 Å². The SMILES string of the molecule is CCOc1ccc(N(Cc2ccc(C(=O)NCc3cccc(OC)c3)cc2)S(C)(=O)=O)cc1. The summed E-state index contributed by atoms with van der Waals surface area (Å²) in [6, 6.07) is 21.3. The summed E-state index contributed by atoms with van der Waals surface area (Å²) in [6.07, 6.45) is 1.17. The first-order valence-electron chi connectivity index (χ1n) is 10.5. The van der Waals surface area contributed by atoms with Crippen LogP contribution in [0.2, 0.25) is 0 Å². The molecular formula is C25H28N2O5S. The minimum absolute atomic E-state index is 0.151. The molecule has 0 aromatic heterocycles. The van der Waals surface area contributed by atoms with Crippen molar-refractivity contribution in [3.05, 3.63) is 89.5 Å². The van der Waals surface area contributed by atoms with Crippen LogP contribution in [0.5, 0.6) is 11.5 Å². The Hall–Kier alpha value is -3.52. The highest BCUT2D eigenvalue weighted by Gasteiger charge is 2.18. The number of ether oxygens (including phenoxy) is 2. The molecule has 0 aliphatic rings. The van der Waals surface area contributed by atoms with Crippen LogP contribution >= 0.6 is 0 Å². The Kier molecular flexibility index (Phi) is 7.95. The van der Waals surface area contributed by atoms with Crippen molar-refractivity contribution in [2.24, 2.45) is 0 Å². The maximum Gasteiger partial charge on any atom is 0.251 e. The Morgan fingerprint density at radius 2 is 1.64 bits per heavy atom. The van der Waals surface area contributed by atoms with Crippen LogP contribution in [0.15, 0.2) is 72.8 Å². The van der Waals surface area contributed by atoms with Crippen LogP contribution in [0.4, 0.5) is 5.69 Å². The van der Waals surface area contributed by atoms with Crippen molar-refractivity contribution in [1.82, 2.24) is 5.32 Å². The number of nitrogens with one attached hydrogen (secondary N) is 1. The second kappa shape index (κ2) is 10.9. The molecule has 33 heavy (non-hydrogen) atoms. The molecule has 174 valence electrons. The Morgan fingerprint density at radius 3 is 2.24 bits per heavy atom. The predicted octanol–water partition coefficient (Wildman–Crippen LogP) is 3.99. The zero-order valence-corrected chi connectivity index (χ0v) is 19.8. The van der Waals surface area contributed by atoms with Crippen molar-refractivity contribution >= 4 is 21.6 Å². The van der Waals surface area contributed by atoms with Crippen LogP contribution in [0, 0.1) is 0 Å². The smallest absolute Gasteiger partial charge is 0.251 e. The molecule has 0 aliphatic carbocycles. The average Bonchev–Trinajstić information content (AvgIpc) is 2.81. The van der Waals surface area contributed by atoms with Gasteiger partial charge in [-0.2, -0.15) is 0 Å². The van der Waals surface area contributed by atoms with Gasteiger partial charge < -0.3 is 14.8 Å². The maximum absolute atomic E-state index is 12.5. The van der Waals surface area contributed by atoms with Crippen LogP contribution in [0.25, 0.3) is 0 Å². The predicted molar refractivity (Wildman–Crippen MR) is 129 cm³/mol. The van der Waals surface area contributed by atoms with E-state index in [1.807, 2.05) is 31.2 Å². The highest BCUT2D eigenvalue weighted by Crippen LogP contribution is 2.24. The third-order valence-electron chi connectivity index (χ3n) is 4.97. The Bertz CT molecular complexity index is 1180. The van der Waals surface area contributed by atoms with Gasteiger partial charge in [-0.3, -0.25) is 9.10 Å². The van der Waals surface area contributed by atoms with Crippen LogP contribution in [-0.2, 0) is 23.1 Å². The van der Waals surface area contributed by atoms with E-state index in [0.717, 1.165) is 16.9 Å². The summed E-state index contributed by atoms with van der Waals surface area (Å²) < 4.78 is 36.8. The summed E-state index contributed by atoms with van der Waals surface area (Å²) in [4.78, 5) is 12.5. The summed E-state index contributed by atoms with van der Waals surface area (Å²) in [5, 5.41) is 2.88. The molecule has 0 radical (unpaired) electrons. The molecule has 1 amide bonds. The molecular weight excluding hydrogens is 440 g/mol. The lowest BCUT2D eigenvalue weighted by atomic mass is 10.1. The number of carbonyl (C=O) groups excluding carboxylic acids is 1. The number of methoxy groups -OCH3 is 1. The van der Waals surface area contributed by atoms with Gasteiger partial charge >= 0.3 is 0 Å². The van der Waals surface area contributed by atoms with Crippen molar-refractivity contribution in [3.63, 3.8) is 0 Å². The number of nitrogens with zero attached hydrogens (tertiary/aromatic N) is 1. The average molecular weight is 469 g/mol. The van der Waals surface area contributed by atoms with Crippen molar-refractivity contribution < 1.29 is 22.7 Å². The molecule has 7 nitrogen and oxygen atoms in total. The fourth-order valence-corrected chi connectivity index (χ4v) is 4.16. The van der Waals surface area contributed by atoms with Gasteiger partial charge in [-0.1, -0.05) is 24.3 Å². The molecule has 8 heteroatoms. The van der Waals surface area contributed by atoms with E-state index < -0.39 is 10.0 Å². The molecule has 3 aromatic rings. The lowest BCUT2D eigenvalue weighted by molar-refractivity contribution is 0.0951. The summed E-state index contributed by atoms with van der Waals surface area (Å²) in [5.74, 6) is 1.20. The summed E-state index contributed by atoms with van der Waals surface area (Å²) in [5.41, 5.74) is 2.73. The summed E-state index contributed by atoms with van der Waals surface area (Å²) in [6.45, 7) is 2.95. The molecule has 3 aromatic carbocycles. The lowest BCUT2D eigenvalue weighted by Gasteiger charge is -2.23. The monoisotopic (exact) mass is 468 g/mol. The zero-order valence-electron chi connectivity index (χ0n) is 18.9. The van der Waals surface area contributed by atoms with Crippen molar-refractivity contribution in [2.45, 2.75) is 20.0 Å². The van der Waals surface area contributed by atoms with Crippen molar-refractivity contribution in [1.29, 1.82) is 0 Å². The normalized spacial score (nSPS) is 11.0. The van der Waals surface area contributed by atoms with Gasteiger partial charge in [0.2, 0.25) is 10.0 Å². The first-order valence-corrected chi connectivity index (χ1v) is 12.4. The van der Waals surface area contributed by atoms with Gasteiger partial charge in [0.1, 0.15) is 11.5 Å². The van der Waals surface area contributed by atoms with E-state index in [9.17, 15) is 13.2 Å². The minimum Gasteiger partial charge on any atom is -0.497 e. The van der Waals surface area contributed by atoms with Gasteiger partial charge in [-0.15, -0.1) is 0 Å². The summed E-state index contributed by atoms with van der Waals surface area (Å²) >= 11 is 0. The van der Waals surface area contributed by atoms with Crippen LogP contribution in [0.1, 0.15) is 28.4 Å². The third-order valence-corrected chi connectivity index (χ3v) is 6.11. The molecule has 1 N–H and O–H groups in total. The number of benzene rings is 3. The Morgan fingerprint density at radius 1 is 0.939 bits per heavy atom. The van der Waals surface area contributed by atoms with Crippen LogP contribution in [0.3, 0.4) is 0 Å². The van der Waals surface area contributed by atoms with Gasteiger partial charge in [0.15, 0.2) is 0 Å². The van der Waals surface area contributed by atoms with E-state index in [1.165, 1.54) is 10.6 Å². The Balaban J connectivity index is 1.67. The number of hydrogen-bond acceptors (Lipinski definition) is 5. The van der Waals surface area contributed by atoms with E-state index in [-0.39, 0.29) is 12.5 Å². The van der Waals surface area contributed by atoms with Crippen LogP contribution < -0.4 is 19.1 Å². The number of amides is 1. The van der Waals surface area contributed by atoms with E-state index in [2.05, 4.69) is 5.32 Å². The largest absolute Gasteiger partial charge is 0.497 e. The Labute approximate surface area is 195 Å². The second-order valence-electron chi connectivity index (χ2n) is 7.43. The molecule has 0 aliphatic heterocycles. The highest BCUT2D eigenvalue weighted by atomic mass is 32.2. The van der Waals surface area contributed by atoms with Gasteiger partial charge in [0.25, 0.3) is 5.91 Å². The van der Waals surface area contributed by atoms with Crippen LogP contribution in [-0.4, -0.2) is 34.3 Å². The first-order chi connectivity index (χ1) is 15.8. The van der Waals surface area contributed by atoms with Gasteiger partial charge in [0.05, 0.1) is 32.2 Å². The van der Waals surface area contributed by atoms with Gasteiger partial charge in [-0.05, 0) is 66.6 Å². The molecule has 0 unspecified atom stereocenters. The van der Waals surface area contributed by atoms with Gasteiger partial charge in [0, 0.05) is 12.1 Å². The third kappa shape index (κ3) is 6.73. The standard InChI is InChI=1S/C25H28N2O5S/c1-4-32-23-14-12-22(13-15-23)27(33(3,29)30)18-19-8-10-21(11-9-19)25(28)26-17-20-6-5-7-24(16-20)31-2/h5-16H,4,17-18H2,1-3H3,(H,26,28). The van der Waals surface area contributed by atoms with Crippen molar-refractivity contribution in [2.75, 3.05) is 24.3 Å². The number of rotatable bonds is 10. The highest BCUT2D eigenvalue weighted by molar-refractivity contribution is 7.92. The number of sulfonamides is 1. The number of carbonyl (C=O) groups is 1. The maximum atomic E-state index is 12.5. The minimum atomic E-state index is -3.51. The fraction of sp³-hybridized carbons (Fsp3) is 0.240. The summed E-state index contributed by atoms with van der Waals surface area (Å²) in [7, 11) is -1.91. The van der Waals surface area contributed by atoms with E-state index in [0.29, 0.717) is 30.2 Å². The molecule has 0 saturated carbocycles. The van der Waals surface area contributed by atoms with E-state index >= 15 is 0 Å². The first kappa shape index (κ1) is 24.1. The molecule has 0 bridgehead atoms. The lowest BCUT2D eigenvalue weighted by Crippen LogP contribution is -2.29. The van der Waals surface area contributed by atoms with E-state index in [4.69, 9.17) is 9.47 Å². The number of anilines is 1. The topological polar surface area (TPSA) is 84.9 Å². The van der Waals surface area contributed by atoms with E-state index in [1.54, 1.807) is 55.6 Å². The zero-order chi connectivity index (χ0) is 23.8. The molecule has 0 fully saturated rings. The quantitative estimate of drug-likeness (QED) is 0.486.